The second kappa shape index (κ2) is 9.49. The molecule has 0 bridgehead atoms. The van der Waals surface area contributed by atoms with Gasteiger partial charge in [0, 0.05) is 37.0 Å². The Bertz CT molecular complexity index is 1190. The van der Waals surface area contributed by atoms with Crippen molar-refractivity contribution in [3.63, 3.8) is 0 Å². The van der Waals surface area contributed by atoms with Gasteiger partial charge in [-0.2, -0.15) is 15.1 Å². The summed E-state index contributed by atoms with van der Waals surface area (Å²) in [6.45, 7) is 4.01. The Morgan fingerprint density at radius 1 is 1.31 bits per heavy atom. The van der Waals surface area contributed by atoms with Crippen LogP contribution in [0.15, 0.2) is 36.4 Å². The molecule has 9 heteroatoms. The van der Waals surface area contributed by atoms with Crippen molar-refractivity contribution in [2.24, 2.45) is 0 Å². The van der Waals surface area contributed by atoms with Gasteiger partial charge < -0.3 is 20.2 Å². The number of carbonyl (C=O) groups is 1. The van der Waals surface area contributed by atoms with Crippen molar-refractivity contribution in [1.29, 1.82) is 5.26 Å². The minimum absolute atomic E-state index is 0.0722. The van der Waals surface area contributed by atoms with Crippen molar-refractivity contribution < 1.29 is 19.7 Å². The molecule has 0 saturated carbocycles. The molecule has 0 spiro atoms. The first-order chi connectivity index (χ1) is 15.6. The SMILES string of the molecule is CCN(CCCC(=O)O)c1nc(NCc2ccc3c(c2)OOC3)c2cccc(C#N)c2n1. The van der Waals surface area contributed by atoms with E-state index in [9.17, 15) is 10.1 Å². The quantitative estimate of drug-likeness (QED) is 0.487. The van der Waals surface area contributed by atoms with Gasteiger partial charge in [-0.1, -0.05) is 18.2 Å². The molecule has 1 aliphatic rings. The first-order valence-corrected chi connectivity index (χ1v) is 10.4. The van der Waals surface area contributed by atoms with Crippen LogP contribution in [0.25, 0.3) is 10.9 Å². The highest BCUT2D eigenvalue weighted by atomic mass is 17.2. The van der Waals surface area contributed by atoms with Crippen molar-refractivity contribution in [3.8, 4) is 11.8 Å². The summed E-state index contributed by atoms with van der Waals surface area (Å²) in [6.07, 6.45) is 0.549. The van der Waals surface area contributed by atoms with Gasteiger partial charge in [-0.05, 0) is 37.1 Å². The summed E-state index contributed by atoms with van der Waals surface area (Å²) in [5.41, 5.74) is 3.01. The number of nitriles is 1. The van der Waals surface area contributed by atoms with E-state index in [2.05, 4.69) is 16.4 Å². The summed E-state index contributed by atoms with van der Waals surface area (Å²) in [4.78, 5) is 32.4. The number of aliphatic carboxylic acids is 1. The first kappa shape index (κ1) is 21.3. The van der Waals surface area contributed by atoms with Crippen molar-refractivity contribution >= 4 is 28.6 Å². The Kier molecular flexibility index (Phi) is 6.33. The van der Waals surface area contributed by atoms with Crippen molar-refractivity contribution in [2.45, 2.75) is 32.9 Å². The third kappa shape index (κ3) is 4.55. The molecule has 2 heterocycles. The van der Waals surface area contributed by atoms with E-state index in [1.54, 1.807) is 12.1 Å². The Morgan fingerprint density at radius 2 is 2.19 bits per heavy atom. The van der Waals surface area contributed by atoms with Gasteiger partial charge in [0.15, 0.2) is 5.75 Å². The predicted molar refractivity (Wildman–Crippen MR) is 118 cm³/mol. The summed E-state index contributed by atoms with van der Waals surface area (Å²) in [6, 6.07) is 13.5. The highest BCUT2D eigenvalue weighted by molar-refractivity contribution is 5.93. The van der Waals surface area contributed by atoms with Crippen LogP contribution in [0.2, 0.25) is 0 Å². The molecule has 2 N–H and O–H groups in total. The molecule has 1 aliphatic heterocycles. The molecule has 9 nitrogen and oxygen atoms in total. The van der Waals surface area contributed by atoms with E-state index in [-0.39, 0.29) is 6.42 Å². The van der Waals surface area contributed by atoms with Crippen LogP contribution in [-0.4, -0.2) is 34.1 Å². The first-order valence-electron chi connectivity index (χ1n) is 10.4. The van der Waals surface area contributed by atoms with Crippen LogP contribution in [0.5, 0.6) is 5.75 Å². The lowest BCUT2D eigenvalue weighted by Crippen LogP contribution is -2.27. The maximum absolute atomic E-state index is 10.9. The second-order valence-electron chi connectivity index (χ2n) is 7.40. The molecule has 1 aromatic heterocycles. The zero-order valence-corrected chi connectivity index (χ0v) is 17.7. The number of para-hydroxylation sites is 1. The van der Waals surface area contributed by atoms with Gasteiger partial charge in [0.05, 0.1) is 11.1 Å². The molecule has 0 radical (unpaired) electrons. The number of carboxylic acid groups (broad SMARTS) is 1. The highest BCUT2D eigenvalue weighted by Gasteiger charge is 2.17. The fourth-order valence-electron chi connectivity index (χ4n) is 3.58. The van der Waals surface area contributed by atoms with Gasteiger partial charge in [-0.15, -0.1) is 0 Å². The molecule has 0 atom stereocenters. The van der Waals surface area contributed by atoms with Crippen molar-refractivity contribution in [1.82, 2.24) is 9.97 Å². The third-order valence-corrected chi connectivity index (χ3v) is 5.27. The van der Waals surface area contributed by atoms with E-state index in [4.69, 9.17) is 19.9 Å². The van der Waals surface area contributed by atoms with Gasteiger partial charge in [-0.3, -0.25) is 4.79 Å². The Morgan fingerprint density at radius 3 is 2.97 bits per heavy atom. The van der Waals surface area contributed by atoms with Gasteiger partial charge >= 0.3 is 5.97 Å². The van der Waals surface area contributed by atoms with Crippen LogP contribution in [0, 0.1) is 11.3 Å². The van der Waals surface area contributed by atoms with Crippen LogP contribution in [0.1, 0.15) is 36.5 Å². The number of hydrogen-bond acceptors (Lipinski definition) is 8. The van der Waals surface area contributed by atoms with E-state index in [1.807, 2.05) is 36.1 Å². The number of aromatic nitrogens is 2. The zero-order valence-electron chi connectivity index (χ0n) is 17.7. The number of rotatable bonds is 9. The summed E-state index contributed by atoms with van der Waals surface area (Å²) in [5.74, 6) is 0.941. The monoisotopic (exact) mass is 433 g/mol. The predicted octanol–water partition coefficient (Wildman–Crippen LogP) is 3.63. The minimum atomic E-state index is -0.835. The largest absolute Gasteiger partial charge is 0.481 e. The maximum Gasteiger partial charge on any atom is 0.303 e. The highest BCUT2D eigenvalue weighted by Crippen LogP contribution is 2.29. The maximum atomic E-state index is 10.9. The number of anilines is 2. The summed E-state index contributed by atoms with van der Waals surface area (Å²) < 4.78 is 0. The van der Waals surface area contributed by atoms with Crippen LogP contribution < -0.4 is 15.1 Å². The lowest BCUT2D eigenvalue weighted by atomic mass is 10.1. The number of benzene rings is 2. The molecule has 4 rings (SSSR count). The van der Waals surface area contributed by atoms with Crippen molar-refractivity contribution in [3.05, 3.63) is 53.1 Å². The molecule has 164 valence electrons. The fourth-order valence-corrected chi connectivity index (χ4v) is 3.58. The topological polar surface area (TPSA) is 121 Å². The van der Waals surface area contributed by atoms with Crippen molar-refractivity contribution in [2.75, 3.05) is 23.3 Å². The number of nitrogens with one attached hydrogen (secondary N) is 1. The molecule has 0 amide bonds. The average Bonchev–Trinajstić information content (AvgIpc) is 3.27. The van der Waals surface area contributed by atoms with Gasteiger partial charge in [-0.25, -0.2) is 4.98 Å². The van der Waals surface area contributed by atoms with E-state index >= 15 is 0 Å². The third-order valence-electron chi connectivity index (χ3n) is 5.27. The fraction of sp³-hybridized carbons (Fsp3) is 0.304. The lowest BCUT2D eigenvalue weighted by molar-refractivity contribution is -0.194. The van der Waals surface area contributed by atoms with E-state index in [0.717, 1.165) is 16.5 Å². The van der Waals surface area contributed by atoms with Gasteiger partial charge in [0.25, 0.3) is 0 Å². The minimum Gasteiger partial charge on any atom is -0.481 e. The normalized spacial score (nSPS) is 12.1. The molecule has 0 fully saturated rings. The summed E-state index contributed by atoms with van der Waals surface area (Å²) >= 11 is 0. The molecule has 2 aromatic carbocycles. The molecule has 32 heavy (non-hydrogen) atoms. The Hall–Kier alpha value is -3.90. The van der Waals surface area contributed by atoms with E-state index in [1.165, 1.54) is 0 Å². The van der Waals surface area contributed by atoms with E-state index in [0.29, 0.717) is 61.3 Å². The number of nitrogens with zero attached hydrogens (tertiary/aromatic N) is 4. The lowest BCUT2D eigenvalue weighted by Gasteiger charge is -2.22. The van der Waals surface area contributed by atoms with Crippen LogP contribution in [0.3, 0.4) is 0 Å². The van der Waals surface area contributed by atoms with E-state index < -0.39 is 5.97 Å². The Balaban J connectivity index is 1.65. The van der Waals surface area contributed by atoms with Gasteiger partial charge in [0.1, 0.15) is 18.5 Å². The van der Waals surface area contributed by atoms with Gasteiger partial charge in [0.2, 0.25) is 5.95 Å². The van der Waals surface area contributed by atoms with Crippen LogP contribution in [0.4, 0.5) is 11.8 Å². The molecule has 0 aliphatic carbocycles. The summed E-state index contributed by atoms with van der Waals surface area (Å²) in [5, 5.41) is 22.6. The number of hydrogen-bond donors (Lipinski definition) is 2. The molecular formula is C23H23N5O4. The van der Waals surface area contributed by atoms with Crippen LogP contribution in [-0.2, 0) is 22.8 Å². The standard InChI is InChI=1S/C23H23N5O4/c1-2-28(10-4-7-20(29)30)23-26-21-16(12-24)5-3-6-18(21)22(27-23)25-13-15-8-9-17-14-31-32-19(17)11-15/h3,5-6,8-9,11H,2,4,7,10,13-14H2,1H3,(H,29,30)(H,25,26,27). The average molecular weight is 433 g/mol. The number of carboxylic acids is 1. The molecular weight excluding hydrogens is 410 g/mol. The molecule has 0 unspecified atom stereocenters. The Labute approximate surface area is 185 Å². The summed E-state index contributed by atoms with van der Waals surface area (Å²) in [7, 11) is 0. The smallest absolute Gasteiger partial charge is 0.303 e. The molecule has 3 aromatic rings. The second-order valence-corrected chi connectivity index (χ2v) is 7.40. The number of fused-ring (bicyclic) bond motifs is 2. The van der Waals surface area contributed by atoms with Crippen LogP contribution >= 0.6 is 0 Å². The zero-order chi connectivity index (χ0) is 22.5. The molecule has 0 saturated heterocycles.